The van der Waals surface area contributed by atoms with E-state index in [1.165, 1.54) is 11.8 Å². The van der Waals surface area contributed by atoms with E-state index in [-0.39, 0.29) is 17.7 Å². The Kier molecular flexibility index (Phi) is 6.13. The van der Waals surface area contributed by atoms with E-state index in [1.54, 1.807) is 4.68 Å². The Morgan fingerprint density at radius 3 is 2.63 bits per heavy atom. The average molecular weight is 402 g/mol. The Labute approximate surface area is 167 Å². The molecule has 8 heteroatoms. The summed E-state index contributed by atoms with van der Waals surface area (Å²) in [5.41, 5.74) is 4.05. The quantitative estimate of drug-likeness (QED) is 0.634. The van der Waals surface area contributed by atoms with Crippen LogP contribution in [0.5, 0.6) is 0 Å². The van der Waals surface area contributed by atoms with Crippen molar-refractivity contribution in [3.63, 3.8) is 0 Å². The molecule has 1 atom stereocenters. The largest absolute Gasteiger partial charge is 0.349 e. The lowest BCUT2D eigenvalue weighted by Gasteiger charge is -2.14. The van der Waals surface area contributed by atoms with E-state index in [9.17, 15) is 4.79 Å². The summed E-state index contributed by atoms with van der Waals surface area (Å²) in [5, 5.41) is 16.1. The lowest BCUT2D eigenvalue weighted by molar-refractivity contribution is -0.119. The normalized spacial score (nSPS) is 12.0. The van der Waals surface area contributed by atoms with Gasteiger partial charge in [0.05, 0.1) is 17.5 Å². The number of hydrogen-bond acceptors (Lipinski definition) is 5. The first-order chi connectivity index (χ1) is 13.0. The van der Waals surface area contributed by atoms with Crippen LogP contribution in [-0.4, -0.2) is 31.9 Å². The second-order valence-electron chi connectivity index (χ2n) is 6.25. The molecule has 3 aromatic rings. The second-order valence-corrected chi connectivity index (χ2v) is 7.63. The second kappa shape index (κ2) is 8.54. The number of benzene rings is 2. The topological polar surface area (TPSA) is 72.7 Å². The molecule has 0 saturated heterocycles. The van der Waals surface area contributed by atoms with Gasteiger partial charge in [0, 0.05) is 5.02 Å². The van der Waals surface area contributed by atoms with Crippen molar-refractivity contribution in [2.24, 2.45) is 0 Å². The number of aryl methyl sites for hydroxylation is 2. The molecule has 1 N–H and O–H groups in total. The molecule has 0 aliphatic heterocycles. The monoisotopic (exact) mass is 401 g/mol. The number of rotatable bonds is 6. The summed E-state index contributed by atoms with van der Waals surface area (Å²) < 4.78 is 1.68. The molecule has 0 radical (unpaired) electrons. The van der Waals surface area contributed by atoms with Crippen molar-refractivity contribution < 1.29 is 4.79 Å². The van der Waals surface area contributed by atoms with E-state index in [0.29, 0.717) is 10.2 Å². The Bertz CT molecular complexity index is 939. The molecule has 0 aliphatic rings. The van der Waals surface area contributed by atoms with Gasteiger partial charge >= 0.3 is 0 Å². The van der Waals surface area contributed by atoms with Crippen LogP contribution in [0.1, 0.15) is 29.7 Å². The standard InChI is InChI=1S/C19H20ClN5OS/c1-12-6-4-7-13(2)18(12)25-19(22-23-24-25)27-11-17(26)21-14(3)15-8-5-9-16(20)10-15/h4-10,14H,11H2,1-3H3,(H,21,26)/t14-/m1/s1. The van der Waals surface area contributed by atoms with Gasteiger partial charge in [-0.05, 0) is 60.0 Å². The maximum atomic E-state index is 12.3. The Hall–Kier alpha value is -2.38. The summed E-state index contributed by atoms with van der Waals surface area (Å²) in [6, 6.07) is 13.3. The van der Waals surface area contributed by atoms with E-state index < -0.39 is 0 Å². The van der Waals surface area contributed by atoms with Crippen LogP contribution < -0.4 is 5.32 Å². The number of nitrogens with zero attached hydrogens (tertiary/aromatic N) is 4. The number of aromatic nitrogens is 4. The Morgan fingerprint density at radius 1 is 1.22 bits per heavy atom. The molecule has 0 spiro atoms. The van der Waals surface area contributed by atoms with Crippen LogP contribution >= 0.6 is 23.4 Å². The number of tetrazole rings is 1. The number of amides is 1. The number of thioether (sulfide) groups is 1. The summed E-state index contributed by atoms with van der Waals surface area (Å²) in [6.07, 6.45) is 0. The van der Waals surface area contributed by atoms with Gasteiger partial charge in [0.15, 0.2) is 0 Å². The third-order valence-corrected chi connectivity index (χ3v) is 5.31. The SMILES string of the molecule is Cc1cccc(C)c1-n1nnnc1SCC(=O)N[C@H](C)c1cccc(Cl)c1. The van der Waals surface area contributed by atoms with Crippen LogP contribution in [0.3, 0.4) is 0 Å². The fourth-order valence-electron chi connectivity index (χ4n) is 2.82. The molecule has 0 unspecified atom stereocenters. The molecule has 0 saturated carbocycles. The van der Waals surface area contributed by atoms with Crippen LogP contribution in [0, 0.1) is 13.8 Å². The number of carbonyl (C=O) groups is 1. The van der Waals surface area contributed by atoms with Crippen LogP contribution in [0.2, 0.25) is 5.02 Å². The number of para-hydroxylation sites is 1. The Balaban J connectivity index is 1.66. The maximum absolute atomic E-state index is 12.3. The first-order valence-corrected chi connectivity index (χ1v) is 9.84. The lowest BCUT2D eigenvalue weighted by atomic mass is 10.1. The molecule has 2 aromatic carbocycles. The van der Waals surface area contributed by atoms with E-state index in [2.05, 4.69) is 20.8 Å². The third kappa shape index (κ3) is 4.67. The van der Waals surface area contributed by atoms with Crippen molar-refractivity contribution in [2.45, 2.75) is 32.0 Å². The highest BCUT2D eigenvalue weighted by atomic mass is 35.5. The summed E-state index contributed by atoms with van der Waals surface area (Å²) in [4.78, 5) is 12.3. The molecule has 1 heterocycles. The van der Waals surface area contributed by atoms with E-state index in [1.807, 2.05) is 63.2 Å². The van der Waals surface area contributed by atoms with Gasteiger partial charge < -0.3 is 5.32 Å². The fraction of sp³-hybridized carbons (Fsp3) is 0.263. The smallest absolute Gasteiger partial charge is 0.230 e. The molecule has 3 rings (SSSR count). The van der Waals surface area contributed by atoms with Crippen molar-refractivity contribution in [2.75, 3.05) is 5.75 Å². The molecule has 0 bridgehead atoms. The van der Waals surface area contributed by atoms with E-state index >= 15 is 0 Å². The van der Waals surface area contributed by atoms with Gasteiger partial charge in [-0.25, -0.2) is 0 Å². The summed E-state index contributed by atoms with van der Waals surface area (Å²) in [5.74, 6) is 0.125. The van der Waals surface area contributed by atoms with Gasteiger partial charge in [0.25, 0.3) is 0 Å². The van der Waals surface area contributed by atoms with Crippen molar-refractivity contribution in [1.29, 1.82) is 0 Å². The van der Waals surface area contributed by atoms with Crippen molar-refractivity contribution in [3.05, 3.63) is 64.2 Å². The molecule has 27 heavy (non-hydrogen) atoms. The summed E-state index contributed by atoms with van der Waals surface area (Å²) in [7, 11) is 0. The molecule has 6 nitrogen and oxygen atoms in total. The highest BCUT2D eigenvalue weighted by Crippen LogP contribution is 2.23. The Morgan fingerprint density at radius 2 is 1.93 bits per heavy atom. The van der Waals surface area contributed by atoms with Crippen LogP contribution in [0.15, 0.2) is 47.6 Å². The van der Waals surface area contributed by atoms with E-state index in [0.717, 1.165) is 22.4 Å². The lowest BCUT2D eigenvalue weighted by Crippen LogP contribution is -2.28. The zero-order valence-corrected chi connectivity index (χ0v) is 16.9. The van der Waals surface area contributed by atoms with Crippen molar-refractivity contribution in [1.82, 2.24) is 25.5 Å². The summed E-state index contributed by atoms with van der Waals surface area (Å²) >= 11 is 7.32. The predicted octanol–water partition coefficient (Wildman–Crippen LogP) is 3.90. The van der Waals surface area contributed by atoms with Crippen molar-refractivity contribution in [3.8, 4) is 5.69 Å². The summed E-state index contributed by atoms with van der Waals surface area (Å²) in [6.45, 7) is 5.95. The molecule has 0 aliphatic carbocycles. The number of hydrogen-bond donors (Lipinski definition) is 1. The molecular weight excluding hydrogens is 382 g/mol. The molecule has 140 valence electrons. The van der Waals surface area contributed by atoms with Crippen molar-refractivity contribution >= 4 is 29.3 Å². The minimum atomic E-state index is -0.133. The number of nitrogens with one attached hydrogen (secondary N) is 1. The minimum Gasteiger partial charge on any atom is -0.349 e. The molecular formula is C19H20ClN5OS. The van der Waals surface area contributed by atoms with E-state index in [4.69, 9.17) is 11.6 Å². The van der Waals surface area contributed by atoms with Crippen LogP contribution in [0.25, 0.3) is 5.69 Å². The molecule has 0 fully saturated rings. The van der Waals surface area contributed by atoms with Gasteiger partial charge in [-0.2, -0.15) is 4.68 Å². The maximum Gasteiger partial charge on any atom is 0.230 e. The van der Waals surface area contributed by atoms with Gasteiger partial charge in [0.2, 0.25) is 11.1 Å². The predicted molar refractivity (Wildman–Crippen MR) is 107 cm³/mol. The number of carbonyl (C=O) groups excluding carboxylic acids is 1. The molecule has 1 aromatic heterocycles. The number of halogens is 1. The van der Waals surface area contributed by atoms with Crippen LogP contribution in [-0.2, 0) is 4.79 Å². The highest BCUT2D eigenvalue weighted by Gasteiger charge is 2.16. The zero-order chi connectivity index (χ0) is 19.4. The molecule has 1 amide bonds. The van der Waals surface area contributed by atoms with Gasteiger partial charge in [-0.15, -0.1) is 5.10 Å². The average Bonchev–Trinajstić information content (AvgIpc) is 3.08. The van der Waals surface area contributed by atoms with Gasteiger partial charge in [0.1, 0.15) is 0 Å². The fourth-order valence-corrected chi connectivity index (χ4v) is 3.71. The highest BCUT2D eigenvalue weighted by molar-refractivity contribution is 7.99. The minimum absolute atomic E-state index is 0.0940. The third-order valence-electron chi connectivity index (χ3n) is 4.15. The van der Waals surface area contributed by atoms with Crippen LogP contribution in [0.4, 0.5) is 0 Å². The first kappa shape index (κ1) is 19.4. The zero-order valence-electron chi connectivity index (χ0n) is 15.3. The van der Waals surface area contributed by atoms with Gasteiger partial charge in [-0.1, -0.05) is 53.7 Å². The first-order valence-electron chi connectivity index (χ1n) is 8.48. The van der Waals surface area contributed by atoms with Gasteiger partial charge in [-0.3, -0.25) is 4.79 Å².